The lowest BCUT2D eigenvalue weighted by Crippen LogP contribution is -2.40. The maximum Gasteiger partial charge on any atom is 0.490 e. The number of pyridine rings is 1. The van der Waals surface area contributed by atoms with Gasteiger partial charge < -0.3 is 14.6 Å². The second kappa shape index (κ2) is 10.4. The number of alkyl halides is 3. The van der Waals surface area contributed by atoms with E-state index in [2.05, 4.69) is 20.3 Å². The molecule has 13 heteroatoms. The second-order valence-corrected chi connectivity index (χ2v) is 8.02. The van der Waals surface area contributed by atoms with Crippen LogP contribution in [0.15, 0.2) is 42.3 Å². The first-order valence-electron chi connectivity index (χ1n) is 9.85. The summed E-state index contributed by atoms with van der Waals surface area (Å²) in [4.78, 5) is 36.5. The molecule has 2 amide bonds. The standard InChI is InChI=1S/C18H20N6OS.C2HF3O2/c1-23-9-7-20-16(23)10-14-5-3-8-24(14)18(25)22-17-21-15(12-26-17)13-4-2-6-19-11-13;3-2(4,5)1(6)7/h2,4,6-7,9,11-12,14H,3,5,8,10H2,1H3,(H,21,22,25);(H,6,7)/t14-;/m1./s1. The molecule has 0 spiro atoms. The molecular weight excluding hydrogens is 461 g/mol. The highest BCUT2D eigenvalue weighted by Crippen LogP contribution is 2.26. The van der Waals surface area contributed by atoms with E-state index in [9.17, 15) is 18.0 Å². The van der Waals surface area contributed by atoms with Crippen LogP contribution in [-0.4, -0.2) is 60.3 Å². The van der Waals surface area contributed by atoms with E-state index < -0.39 is 12.1 Å². The van der Waals surface area contributed by atoms with Gasteiger partial charge in [-0.25, -0.2) is 19.6 Å². The van der Waals surface area contributed by atoms with Crippen LogP contribution in [0, 0.1) is 0 Å². The van der Waals surface area contributed by atoms with Crippen LogP contribution >= 0.6 is 11.3 Å². The Morgan fingerprint density at radius 1 is 1.33 bits per heavy atom. The van der Waals surface area contributed by atoms with Gasteiger partial charge in [-0.1, -0.05) is 0 Å². The summed E-state index contributed by atoms with van der Waals surface area (Å²) in [6, 6.07) is 3.92. The number of carbonyl (C=O) groups excluding carboxylic acids is 1. The number of likely N-dealkylation sites (tertiary alicyclic amines) is 1. The zero-order valence-corrected chi connectivity index (χ0v) is 18.3. The Labute approximate surface area is 190 Å². The van der Waals surface area contributed by atoms with Crippen LogP contribution in [0.25, 0.3) is 11.3 Å². The van der Waals surface area contributed by atoms with Crippen LogP contribution < -0.4 is 5.32 Å². The molecule has 0 aromatic carbocycles. The summed E-state index contributed by atoms with van der Waals surface area (Å²) in [6.07, 6.45) is 4.93. The van der Waals surface area contributed by atoms with E-state index in [0.29, 0.717) is 5.13 Å². The van der Waals surface area contributed by atoms with E-state index >= 15 is 0 Å². The van der Waals surface area contributed by atoms with Crippen molar-refractivity contribution in [2.45, 2.75) is 31.5 Å². The molecule has 0 aliphatic carbocycles. The third kappa shape index (κ3) is 6.51. The molecular formula is C20H21F3N6O3S. The van der Waals surface area contributed by atoms with E-state index in [-0.39, 0.29) is 12.1 Å². The van der Waals surface area contributed by atoms with Gasteiger partial charge in [0, 0.05) is 61.8 Å². The predicted molar refractivity (Wildman–Crippen MR) is 115 cm³/mol. The number of carbonyl (C=O) groups is 2. The highest BCUT2D eigenvalue weighted by atomic mass is 32.1. The fraction of sp³-hybridized carbons (Fsp3) is 0.350. The summed E-state index contributed by atoms with van der Waals surface area (Å²) in [6.45, 7) is 0.766. The minimum Gasteiger partial charge on any atom is -0.475 e. The molecule has 9 nitrogen and oxygen atoms in total. The molecule has 0 saturated carbocycles. The number of carboxylic acids is 1. The van der Waals surface area contributed by atoms with Crippen molar-refractivity contribution in [2.75, 3.05) is 11.9 Å². The number of anilines is 1. The van der Waals surface area contributed by atoms with Gasteiger partial charge in [0.1, 0.15) is 5.82 Å². The van der Waals surface area contributed by atoms with Crippen LogP contribution in [0.4, 0.5) is 23.1 Å². The Balaban J connectivity index is 0.000000383. The number of thiazole rings is 1. The van der Waals surface area contributed by atoms with Gasteiger partial charge >= 0.3 is 18.2 Å². The average molecular weight is 482 g/mol. The number of hydrogen-bond donors (Lipinski definition) is 2. The Hall–Kier alpha value is -3.48. The fourth-order valence-electron chi connectivity index (χ4n) is 3.26. The summed E-state index contributed by atoms with van der Waals surface area (Å²) in [5.74, 6) is -1.75. The van der Waals surface area contributed by atoms with Crippen LogP contribution in [0.5, 0.6) is 0 Å². The smallest absolute Gasteiger partial charge is 0.475 e. The molecule has 3 aromatic heterocycles. The fourth-order valence-corrected chi connectivity index (χ4v) is 3.97. The molecule has 0 bridgehead atoms. The van der Waals surface area contributed by atoms with Gasteiger partial charge in [0.25, 0.3) is 0 Å². The Kier molecular flexibility index (Phi) is 7.63. The van der Waals surface area contributed by atoms with Gasteiger partial charge in [0.05, 0.1) is 5.69 Å². The molecule has 2 N–H and O–H groups in total. The first-order valence-corrected chi connectivity index (χ1v) is 10.7. The monoisotopic (exact) mass is 482 g/mol. The molecule has 3 aromatic rings. The number of aryl methyl sites for hydroxylation is 1. The quantitative estimate of drug-likeness (QED) is 0.585. The maximum absolute atomic E-state index is 12.7. The number of urea groups is 1. The van der Waals surface area contributed by atoms with Crippen LogP contribution in [0.2, 0.25) is 0 Å². The van der Waals surface area contributed by atoms with Crippen LogP contribution in [0.1, 0.15) is 18.7 Å². The molecule has 1 atom stereocenters. The third-order valence-corrected chi connectivity index (χ3v) is 5.65. The first-order chi connectivity index (χ1) is 15.6. The number of aliphatic carboxylic acids is 1. The number of rotatable bonds is 4. The lowest BCUT2D eigenvalue weighted by Gasteiger charge is -2.24. The zero-order valence-electron chi connectivity index (χ0n) is 17.5. The lowest BCUT2D eigenvalue weighted by molar-refractivity contribution is -0.192. The van der Waals surface area contributed by atoms with E-state index in [1.807, 2.05) is 40.2 Å². The Morgan fingerprint density at radius 2 is 2.09 bits per heavy atom. The van der Waals surface area contributed by atoms with E-state index in [4.69, 9.17) is 9.90 Å². The van der Waals surface area contributed by atoms with Gasteiger partial charge in [0.15, 0.2) is 5.13 Å². The molecule has 4 rings (SSSR count). The molecule has 1 aliphatic rings. The number of amides is 2. The Bertz CT molecular complexity index is 1090. The van der Waals surface area contributed by atoms with Crippen molar-refractivity contribution in [1.29, 1.82) is 0 Å². The van der Waals surface area contributed by atoms with Gasteiger partial charge in [-0.3, -0.25) is 10.3 Å². The van der Waals surface area contributed by atoms with Gasteiger partial charge in [0.2, 0.25) is 0 Å². The lowest BCUT2D eigenvalue weighted by atomic mass is 10.1. The number of nitrogens with zero attached hydrogens (tertiary/aromatic N) is 5. The van der Waals surface area contributed by atoms with E-state index in [1.54, 1.807) is 18.6 Å². The summed E-state index contributed by atoms with van der Waals surface area (Å²) in [5, 5.41) is 12.6. The second-order valence-electron chi connectivity index (χ2n) is 7.16. The minimum atomic E-state index is -5.08. The maximum atomic E-state index is 12.7. The largest absolute Gasteiger partial charge is 0.490 e. The normalized spacial score (nSPS) is 15.6. The Morgan fingerprint density at radius 3 is 2.70 bits per heavy atom. The molecule has 1 saturated heterocycles. The van der Waals surface area contributed by atoms with Crippen molar-refractivity contribution in [3.8, 4) is 11.3 Å². The molecule has 0 radical (unpaired) electrons. The van der Waals surface area contributed by atoms with Crippen molar-refractivity contribution in [2.24, 2.45) is 7.05 Å². The molecule has 4 heterocycles. The number of nitrogens with one attached hydrogen (secondary N) is 1. The SMILES string of the molecule is Cn1ccnc1C[C@H]1CCCN1C(=O)Nc1nc(-c2cccnc2)cs1.O=C(O)C(F)(F)F. The molecule has 33 heavy (non-hydrogen) atoms. The summed E-state index contributed by atoms with van der Waals surface area (Å²) in [7, 11) is 1.98. The zero-order chi connectivity index (χ0) is 24.0. The van der Waals surface area contributed by atoms with Gasteiger partial charge in [-0.05, 0) is 25.0 Å². The number of imidazole rings is 1. The minimum absolute atomic E-state index is 0.0891. The number of hydrogen-bond acceptors (Lipinski definition) is 6. The number of aromatic nitrogens is 4. The van der Waals surface area contributed by atoms with E-state index in [1.165, 1.54) is 11.3 Å². The van der Waals surface area contributed by atoms with Crippen molar-refractivity contribution >= 4 is 28.5 Å². The van der Waals surface area contributed by atoms with Crippen molar-refractivity contribution < 1.29 is 27.9 Å². The summed E-state index contributed by atoms with van der Waals surface area (Å²) >= 11 is 1.43. The van der Waals surface area contributed by atoms with Crippen LogP contribution in [0.3, 0.4) is 0 Å². The summed E-state index contributed by atoms with van der Waals surface area (Å²) < 4.78 is 33.7. The highest BCUT2D eigenvalue weighted by molar-refractivity contribution is 7.14. The van der Waals surface area contributed by atoms with Crippen molar-refractivity contribution in [3.05, 3.63) is 48.1 Å². The van der Waals surface area contributed by atoms with Crippen LogP contribution in [-0.2, 0) is 18.3 Å². The van der Waals surface area contributed by atoms with E-state index in [0.717, 1.165) is 42.9 Å². The highest BCUT2D eigenvalue weighted by Gasteiger charge is 2.38. The van der Waals surface area contributed by atoms with Crippen molar-refractivity contribution in [3.63, 3.8) is 0 Å². The predicted octanol–water partition coefficient (Wildman–Crippen LogP) is 3.81. The first kappa shape index (κ1) is 24.2. The van der Waals surface area contributed by atoms with Gasteiger partial charge in [-0.15, -0.1) is 11.3 Å². The summed E-state index contributed by atoms with van der Waals surface area (Å²) in [5.41, 5.74) is 1.77. The average Bonchev–Trinajstić information content (AvgIpc) is 3.51. The molecule has 176 valence electrons. The number of halogens is 3. The van der Waals surface area contributed by atoms with Gasteiger partial charge in [-0.2, -0.15) is 13.2 Å². The third-order valence-electron chi connectivity index (χ3n) is 4.90. The number of carboxylic acid groups (broad SMARTS) is 1. The van der Waals surface area contributed by atoms with Crippen molar-refractivity contribution in [1.82, 2.24) is 24.4 Å². The molecule has 1 aliphatic heterocycles. The molecule has 0 unspecified atom stereocenters. The topological polar surface area (TPSA) is 113 Å². The molecule has 1 fully saturated rings.